The van der Waals surface area contributed by atoms with Gasteiger partial charge in [0.2, 0.25) is 5.91 Å². The molecule has 1 aromatic rings. The highest BCUT2D eigenvalue weighted by Gasteiger charge is 2.17. The maximum absolute atomic E-state index is 12.1. The van der Waals surface area contributed by atoms with E-state index in [0.29, 0.717) is 11.8 Å². The van der Waals surface area contributed by atoms with Gasteiger partial charge in [-0.1, -0.05) is 25.1 Å². The second-order valence-corrected chi connectivity index (χ2v) is 8.60. The molecule has 0 aliphatic heterocycles. The number of amides is 1. The zero-order valence-electron chi connectivity index (χ0n) is 16.7. The molecule has 1 amide bonds. The van der Waals surface area contributed by atoms with Crippen molar-refractivity contribution in [1.29, 1.82) is 0 Å². The van der Waals surface area contributed by atoms with Crippen molar-refractivity contribution < 1.29 is 4.79 Å². The van der Waals surface area contributed by atoms with Crippen LogP contribution >= 0.6 is 35.7 Å². The molecule has 0 radical (unpaired) electrons. The van der Waals surface area contributed by atoms with E-state index < -0.39 is 0 Å². The largest absolute Gasteiger partial charge is 0.357 e. The van der Waals surface area contributed by atoms with E-state index in [2.05, 4.69) is 34.7 Å². The highest BCUT2D eigenvalue weighted by Crippen LogP contribution is 2.22. The molecule has 0 aliphatic rings. The average molecular weight is 492 g/mol. The quantitative estimate of drug-likeness (QED) is 0.264. The molecule has 1 aromatic carbocycles. The minimum Gasteiger partial charge on any atom is -0.357 e. The predicted molar refractivity (Wildman–Crippen MR) is 124 cm³/mol. The Morgan fingerprint density at radius 2 is 1.88 bits per heavy atom. The van der Waals surface area contributed by atoms with Crippen LogP contribution in [0.1, 0.15) is 34.6 Å². The first kappa shape index (κ1) is 25.0. The molecule has 0 heterocycles. The summed E-state index contributed by atoms with van der Waals surface area (Å²) >= 11 is 1.80. The lowest BCUT2D eigenvalue weighted by Gasteiger charge is -2.25. The first-order valence-electron chi connectivity index (χ1n) is 8.73. The molecule has 0 bridgehead atoms. The highest BCUT2D eigenvalue weighted by atomic mass is 127. The Bertz CT molecular complexity index is 560. The first-order valence-corrected chi connectivity index (χ1v) is 9.61. The zero-order valence-corrected chi connectivity index (χ0v) is 19.9. The molecule has 0 saturated carbocycles. The summed E-state index contributed by atoms with van der Waals surface area (Å²) in [5.41, 5.74) is -0.228. The van der Waals surface area contributed by atoms with E-state index in [4.69, 9.17) is 0 Å². The Hall–Kier alpha value is -0.960. The molecule has 1 rings (SSSR count). The van der Waals surface area contributed by atoms with Gasteiger partial charge in [-0.05, 0) is 39.8 Å². The Kier molecular flexibility index (Phi) is 12.0. The molecule has 0 aliphatic carbocycles. The van der Waals surface area contributed by atoms with Gasteiger partial charge in [-0.15, -0.1) is 35.7 Å². The number of likely N-dealkylation sites (N-methyl/N-ethyl adjacent to an activating group) is 1. The Morgan fingerprint density at radius 3 is 2.42 bits per heavy atom. The second-order valence-electron chi connectivity index (χ2n) is 7.09. The zero-order chi connectivity index (χ0) is 18.9. The van der Waals surface area contributed by atoms with Crippen molar-refractivity contribution in [3.05, 3.63) is 30.3 Å². The number of thioether (sulfide) groups is 1. The molecule has 0 aromatic heterocycles. The normalized spacial score (nSPS) is 12.8. The second kappa shape index (κ2) is 12.4. The van der Waals surface area contributed by atoms with Crippen molar-refractivity contribution >= 4 is 47.6 Å². The third-order valence-corrected chi connectivity index (χ3v) is 4.27. The number of aliphatic imine (C=N–C) groups is 1. The van der Waals surface area contributed by atoms with Crippen molar-refractivity contribution in [2.24, 2.45) is 4.99 Å². The topological polar surface area (TPSA) is 56.7 Å². The van der Waals surface area contributed by atoms with Crippen molar-refractivity contribution in [2.75, 3.05) is 26.7 Å². The smallest absolute Gasteiger partial charge is 0.240 e. The van der Waals surface area contributed by atoms with Gasteiger partial charge in [0.1, 0.15) is 0 Å². The van der Waals surface area contributed by atoms with Gasteiger partial charge in [0.25, 0.3) is 0 Å². The third kappa shape index (κ3) is 10.9. The summed E-state index contributed by atoms with van der Waals surface area (Å²) in [6, 6.07) is 10.3. The van der Waals surface area contributed by atoms with Crippen LogP contribution < -0.4 is 10.6 Å². The minimum atomic E-state index is -0.228. The molecule has 1 unspecified atom stereocenters. The number of hydrogen-bond donors (Lipinski definition) is 2. The Balaban J connectivity index is 0.00000625. The van der Waals surface area contributed by atoms with Gasteiger partial charge in [0.15, 0.2) is 5.96 Å². The number of rotatable bonds is 7. The molecule has 0 spiro atoms. The van der Waals surface area contributed by atoms with Gasteiger partial charge < -0.3 is 15.5 Å². The van der Waals surface area contributed by atoms with Gasteiger partial charge in [-0.3, -0.25) is 9.79 Å². The fourth-order valence-corrected chi connectivity index (χ4v) is 3.13. The van der Waals surface area contributed by atoms with E-state index in [1.54, 1.807) is 11.8 Å². The van der Waals surface area contributed by atoms with Crippen LogP contribution in [0.2, 0.25) is 0 Å². The van der Waals surface area contributed by atoms with Gasteiger partial charge >= 0.3 is 0 Å². The number of nitrogens with zero attached hydrogens (tertiary/aromatic N) is 2. The summed E-state index contributed by atoms with van der Waals surface area (Å²) in [6.45, 7) is 11.9. The summed E-state index contributed by atoms with van der Waals surface area (Å²) in [7, 11) is 1.89. The van der Waals surface area contributed by atoms with E-state index in [-0.39, 0.29) is 42.0 Å². The van der Waals surface area contributed by atoms with Crippen LogP contribution in [0.4, 0.5) is 0 Å². The predicted octanol–water partition coefficient (Wildman–Crippen LogP) is 3.60. The average Bonchev–Trinajstić information content (AvgIpc) is 2.50. The minimum absolute atomic E-state index is 0. The highest BCUT2D eigenvalue weighted by molar-refractivity contribution is 14.0. The molecule has 0 fully saturated rings. The molecule has 5 nitrogen and oxygen atoms in total. The number of benzene rings is 1. The number of guanidine groups is 1. The van der Waals surface area contributed by atoms with E-state index in [0.717, 1.165) is 12.5 Å². The number of nitrogens with one attached hydrogen (secondary N) is 2. The molecule has 148 valence electrons. The summed E-state index contributed by atoms with van der Waals surface area (Å²) in [5.74, 6) is 0.749. The first-order chi connectivity index (χ1) is 11.7. The molecule has 1 atom stereocenters. The number of carbonyl (C=O) groups is 1. The number of halogens is 1. The maximum Gasteiger partial charge on any atom is 0.240 e. The number of carbonyl (C=O) groups excluding carboxylic acids is 1. The summed E-state index contributed by atoms with van der Waals surface area (Å²) < 4.78 is 0. The van der Waals surface area contributed by atoms with Crippen molar-refractivity contribution in [2.45, 2.75) is 50.3 Å². The van der Waals surface area contributed by atoms with E-state index in [1.165, 1.54) is 4.90 Å². The van der Waals surface area contributed by atoms with Crippen LogP contribution in [0.5, 0.6) is 0 Å². The van der Waals surface area contributed by atoms with Gasteiger partial charge in [0.05, 0.1) is 13.1 Å². The lowest BCUT2D eigenvalue weighted by molar-refractivity contribution is -0.122. The van der Waals surface area contributed by atoms with Crippen molar-refractivity contribution in [3.8, 4) is 0 Å². The molecular weight excluding hydrogens is 459 g/mol. The van der Waals surface area contributed by atoms with Gasteiger partial charge in [-0.25, -0.2) is 0 Å². The lowest BCUT2D eigenvalue weighted by atomic mass is 10.1. The van der Waals surface area contributed by atoms with Crippen LogP contribution in [-0.4, -0.2) is 54.2 Å². The van der Waals surface area contributed by atoms with Crippen LogP contribution in [0.3, 0.4) is 0 Å². The maximum atomic E-state index is 12.1. The van der Waals surface area contributed by atoms with Crippen molar-refractivity contribution in [1.82, 2.24) is 15.5 Å². The van der Waals surface area contributed by atoms with Gasteiger partial charge in [-0.2, -0.15) is 0 Å². The molecule has 26 heavy (non-hydrogen) atoms. The van der Waals surface area contributed by atoms with E-state index in [9.17, 15) is 4.79 Å². The molecule has 0 saturated heterocycles. The molecule has 7 heteroatoms. The van der Waals surface area contributed by atoms with Crippen LogP contribution in [-0.2, 0) is 4.79 Å². The third-order valence-electron chi connectivity index (χ3n) is 3.17. The summed E-state index contributed by atoms with van der Waals surface area (Å²) in [4.78, 5) is 19.9. The number of hydrogen-bond acceptors (Lipinski definition) is 3. The molecular formula is C19H33IN4OS. The molecule has 2 N–H and O–H groups in total. The van der Waals surface area contributed by atoms with Crippen LogP contribution in [0.15, 0.2) is 40.2 Å². The van der Waals surface area contributed by atoms with E-state index >= 15 is 0 Å². The van der Waals surface area contributed by atoms with Crippen molar-refractivity contribution in [3.63, 3.8) is 0 Å². The summed E-state index contributed by atoms with van der Waals surface area (Å²) in [5, 5.41) is 6.59. The van der Waals surface area contributed by atoms with Crippen LogP contribution in [0, 0.1) is 0 Å². The monoisotopic (exact) mass is 492 g/mol. The van der Waals surface area contributed by atoms with E-state index in [1.807, 2.05) is 57.8 Å². The standard InChI is InChI=1S/C19H32N4OS.HI/c1-7-20-18(23(6)14-17(24)22-19(3,4)5)21-13-15(2)25-16-11-9-8-10-12-16;/h8-12,15H,7,13-14H2,1-6H3,(H,20,21)(H,22,24);1H. The fourth-order valence-electron chi connectivity index (χ4n) is 2.20. The van der Waals surface area contributed by atoms with Gasteiger partial charge in [0, 0.05) is 29.3 Å². The van der Waals surface area contributed by atoms with Crippen LogP contribution in [0.25, 0.3) is 0 Å². The Labute approximate surface area is 179 Å². The SMILES string of the molecule is CCNC(=NCC(C)Sc1ccccc1)N(C)CC(=O)NC(C)(C)C.I. The lowest BCUT2D eigenvalue weighted by Crippen LogP contribution is -2.48. The fraction of sp³-hybridized carbons (Fsp3) is 0.579. The Morgan fingerprint density at radius 1 is 1.27 bits per heavy atom. The summed E-state index contributed by atoms with van der Waals surface area (Å²) in [6.07, 6.45) is 0.